The van der Waals surface area contributed by atoms with E-state index in [1.807, 2.05) is 0 Å². The normalized spacial score (nSPS) is 21.7. The molecule has 4 heteroatoms. The summed E-state index contributed by atoms with van der Waals surface area (Å²) in [5.41, 5.74) is 6.13. The number of nitrogens with zero attached hydrogens (tertiary/aromatic N) is 2. The predicted molar refractivity (Wildman–Crippen MR) is 99.3 cm³/mol. The molecule has 0 amide bonds. The smallest absolute Gasteiger partial charge is 0.0931 e. The Labute approximate surface area is 141 Å². The molecule has 1 N–H and O–H groups in total. The molecule has 3 nitrogen and oxygen atoms in total. The quantitative estimate of drug-likeness (QED) is 0.750. The van der Waals surface area contributed by atoms with Gasteiger partial charge in [0.1, 0.15) is 0 Å². The molecule has 2 atom stereocenters. The van der Waals surface area contributed by atoms with E-state index in [9.17, 15) is 0 Å². The van der Waals surface area contributed by atoms with Crippen molar-refractivity contribution in [1.82, 2.24) is 9.97 Å². The van der Waals surface area contributed by atoms with Crippen molar-refractivity contribution < 1.29 is 0 Å². The fraction of sp³-hybridized carbons (Fsp3) is 0.316. The Bertz CT molecular complexity index is 809. The standard InChI is InChI=1S/C19H21N3S/c1-13-3-5-15(6-4-13)19-11-23-10-14(2)22(19)16-7-8-17-18(9-16)21-12-20-17/h3-9,12,14,19H,10-11H2,1-2H3,(H,20,21). The van der Waals surface area contributed by atoms with Crippen LogP contribution in [0.3, 0.4) is 0 Å². The topological polar surface area (TPSA) is 31.9 Å². The summed E-state index contributed by atoms with van der Waals surface area (Å²) in [5.74, 6) is 2.30. The average molecular weight is 323 g/mol. The van der Waals surface area contributed by atoms with Crippen molar-refractivity contribution in [2.45, 2.75) is 25.9 Å². The average Bonchev–Trinajstić information content (AvgIpc) is 3.03. The Hall–Kier alpha value is -1.94. The molecule has 2 aromatic carbocycles. The van der Waals surface area contributed by atoms with E-state index in [2.05, 4.69) is 82.9 Å². The van der Waals surface area contributed by atoms with Crippen LogP contribution in [0.25, 0.3) is 11.0 Å². The van der Waals surface area contributed by atoms with Gasteiger partial charge in [-0.25, -0.2) is 4.98 Å². The first-order chi connectivity index (χ1) is 11.2. The van der Waals surface area contributed by atoms with Crippen molar-refractivity contribution >= 4 is 28.5 Å². The highest BCUT2D eigenvalue weighted by Gasteiger charge is 2.29. The highest BCUT2D eigenvalue weighted by Crippen LogP contribution is 2.37. The molecule has 1 saturated heterocycles. The van der Waals surface area contributed by atoms with E-state index in [4.69, 9.17) is 0 Å². The molecule has 0 radical (unpaired) electrons. The van der Waals surface area contributed by atoms with E-state index in [0.717, 1.165) is 16.8 Å². The lowest BCUT2D eigenvalue weighted by Crippen LogP contribution is -2.43. The van der Waals surface area contributed by atoms with Crippen LogP contribution in [0.2, 0.25) is 0 Å². The molecule has 0 bridgehead atoms. The number of hydrogen-bond donors (Lipinski definition) is 1. The maximum Gasteiger partial charge on any atom is 0.0931 e. The van der Waals surface area contributed by atoms with E-state index in [0.29, 0.717) is 12.1 Å². The zero-order valence-corrected chi connectivity index (χ0v) is 14.3. The molecule has 2 heterocycles. The highest BCUT2D eigenvalue weighted by atomic mass is 32.2. The van der Waals surface area contributed by atoms with Gasteiger partial charge in [-0.05, 0) is 37.6 Å². The number of H-pyrrole nitrogens is 1. The van der Waals surface area contributed by atoms with Gasteiger partial charge >= 0.3 is 0 Å². The van der Waals surface area contributed by atoms with Crippen LogP contribution in [-0.4, -0.2) is 27.5 Å². The van der Waals surface area contributed by atoms with Crippen molar-refractivity contribution in [1.29, 1.82) is 0 Å². The summed E-state index contributed by atoms with van der Waals surface area (Å²) in [4.78, 5) is 10.1. The zero-order chi connectivity index (χ0) is 15.8. The number of anilines is 1. The number of imidazole rings is 1. The van der Waals surface area contributed by atoms with Crippen molar-refractivity contribution in [2.75, 3.05) is 16.4 Å². The maximum absolute atomic E-state index is 4.33. The Balaban J connectivity index is 1.75. The van der Waals surface area contributed by atoms with Gasteiger partial charge in [-0.1, -0.05) is 29.8 Å². The number of aryl methyl sites for hydroxylation is 1. The van der Waals surface area contributed by atoms with Gasteiger partial charge in [-0.3, -0.25) is 0 Å². The summed E-state index contributed by atoms with van der Waals surface area (Å²) in [7, 11) is 0. The Morgan fingerprint density at radius 3 is 2.78 bits per heavy atom. The second kappa shape index (κ2) is 5.93. The first-order valence-corrected chi connectivity index (χ1v) is 9.23. The molecule has 118 valence electrons. The number of aromatic nitrogens is 2. The van der Waals surface area contributed by atoms with Crippen molar-refractivity contribution in [3.63, 3.8) is 0 Å². The van der Waals surface area contributed by atoms with Gasteiger partial charge in [-0.15, -0.1) is 0 Å². The molecule has 3 aromatic rings. The summed E-state index contributed by atoms with van der Waals surface area (Å²) in [5, 5.41) is 0. The third-order valence-corrected chi connectivity index (χ3v) is 5.88. The number of nitrogens with one attached hydrogen (secondary N) is 1. The SMILES string of the molecule is Cc1ccc(C2CSCC(C)N2c2ccc3nc[nH]c3c2)cc1. The largest absolute Gasteiger partial charge is 0.360 e. The summed E-state index contributed by atoms with van der Waals surface area (Å²) >= 11 is 2.05. The Morgan fingerprint density at radius 2 is 1.96 bits per heavy atom. The molecular weight excluding hydrogens is 302 g/mol. The third-order valence-electron chi connectivity index (χ3n) is 4.61. The van der Waals surface area contributed by atoms with Crippen LogP contribution in [0.15, 0.2) is 48.8 Å². The lowest BCUT2D eigenvalue weighted by atomic mass is 10.0. The lowest BCUT2D eigenvalue weighted by Gasteiger charge is -2.42. The van der Waals surface area contributed by atoms with Crippen LogP contribution in [0.1, 0.15) is 24.1 Å². The minimum absolute atomic E-state index is 0.421. The van der Waals surface area contributed by atoms with Gasteiger partial charge in [0.05, 0.1) is 23.4 Å². The molecule has 2 unspecified atom stereocenters. The van der Waals surface area contributed by atoms with Crippen LogP contribution < -0.4 is 4.90 Å². The molecule has 23 heavy (non-hydrogen) atoms. The second-order valence-corrected chi connectivity index (χ2v) is 7.40. The summed E-state index contributed by atoms with van der Waals surface area (Å²) in [6, 6.07) is 16.5. The highest BCUT2D eigenvalue weighted by molar-refractivity contribution is 7.99. The van der Waals surface area contributed by atoms with Gasteiger partial charge in [0, 0.05) is 23.2 Å². The first-order valence-electron chi connectivity index (χ1n) is 8.08. The van der Waals surface area contributed by atoms with Crippen LogP contribution in [0.5, 0.6) is 0 Å². The van der Waals surface area contributed by atoms with Crippen LogP contribution in [-0.2, 0) is 0 Å². The molecule has 1 aliphatic heterocycles. The van der Waals surface area contributed by atoms with Crippen molar-refractivity contribution in [3.8, 4) is 0 Å². The van der Waals surface area contributed by atoms with Crippen LogP contribution in [0, 0.1) is 6.92 Å². The van der Waals surface area contributed by atoms with E-state index in [1.54, 1.807) is 6.33 Å². The van der Waals surface area contributed by atoms with Gasteiger partial charge in [0.15, 0.2) is 0 Å². The van der Waals surface area contributed by atoms with E-state index in [1.165, 1.54) is 22.6 Å². The number of aromatic amines is 1. The Kier molecular flexibility index (Phi) is 3.77. The molecule has 0 saturated carbocycles. The van der Waals surface area contributed by atoms with Gasteiger partial charge in [0.25, 0.3) is 0 Å². The Morgan fingerprint density at radius 1 is 1.13 bits per heavy atom. The van der Waals surface area contributed by atoms with Gasteiger partial charge in [0.2, 0.25) is 0 Å². The van der Waals surface area contributed by atoms with Crippen LogP contribution in [0.4, 0.5) is 5.69 Å². The number of hydrogen-bond acceptors (Lipinski definition) is 3. The molecule has 0 aliphatic carbocycles. The summed E-state index contributed by atoms with van der Waals surface area (Å²) in [6.45, 7) is 4.47. The molecule has 1 aromatic heterocycles. The number of rotatable bonds is 2. The summed E-state index contributed by atoms with van der Waals surface area (Å²) < 4.78 is 0. The fourth-order valence-electron chi connectivity index (χ4n) is 3.38. The lowest BCUT2D eigenvalue weighted by molar-refractivity contribution is 0.593. The zero-order valence-electron chi connectivity index (χ0n) is 13.5. The van der Waals surface area contributed by atoms with Crippen molar-refractivity contribution in [3.05, 3.63) is 59.9 Å². The van der Waals surface area contributed by atoms with Gasteiger partial charge < -0.3 is 9.88 Å². The van der Waals surface area contributed by atoms with E-state index < -0.39 is 0 Å². The fourth-order valence-corrected chi connectivity index (χ4v) is 4.60. The minimum Gasteiger partial charge on any atom is -0.360 e. The third kappa shape index (κ3) is 2.72. The van der Waals surface area contributed by atoms with E-state index >= 15 is 0 Å². The number of benzene rings is 2. The second-order valence-electron chi connectivity index (χ2n) is 6.32. The minimum atomic E-state index is 0.421. The first kappa shape index (κ1) is 14.6. The van der Waals surface area contributed by atoms with Crippen LogP contribution >= 0.6 is 11.8 Å². The number of fused-ring (bicyclic) bond motifs is 1. The number of thioether (sulfide) groups is 1. The predicted octanol–water partition coefficient (Wildman–Crippen LogP) is 4.55. The van der Waals surface area contributed by atoms with Gasteiger partial charge in [-0.2, -0.15) is 11.8 Å². The van der Waals surface area contributed by atoms with Crippen molar-refractivity contribution in [2.24, 2.45) is 0 Å². The monoisotopic (exact) mass is 323 g/mol. The molecular formula is C19H21N3S. The molecule has 1 aliphatic rings. The van der Waals surface area contributed by atoms with E-state index in [-0.39, 0.29) is 0 Å². The molecule has 0 spiro atoms. The molecule has 1 fully saturated rings. The molecule has 4 rings (SSSR count). The maximum atomic E-state index is 4.33. The summed E-state index contributed by atoms with van der Waals surface area (Å²) in [6.07, 6.45) is 1.77.